The van der Waals surface area contributed by atoms with E-state index in [0.717, 1.165) is 15.4 Å². The molecule has 108 valence electrons. The second-order valence-corrected chi connectivity index (χ2v) is 6.34. The zero-order chi connectivity index (χ0) is 14.7. The Morgan fingerprint density at radius 2 is 2.00 bits per heavy atom. The molecule has 20 heavy (non-hydrogen) atoms. The molecule has 0 bridgehead atoms. The van der Waals surface area contributed by atoms with Crippen molar-refractivity contribution in [1.29, 1.82) is 0 Å². The summed E-state index contributed by atoms with van der Waals surface area (Å²) in [6, 6.07) is 7.48. The summed E-state index contributed by atoms with van der Waals surface area (Å²) < 4.78 is 1.75. The molecule has 0 radical (unpaired) electrons. The summed E-state index contributed by atoms with van der Waals surface area (Å²) in [5.74, 6) is 0.293. The zero-order valence-electron chi connectivity index (χ0n) is 11.7. The van der Waals surface area contributed by atoms with Crippen LogP contribution < -0.4 is 4.80 Å². The summed E-state index contributed by atoms with van der Waals surface area (Å²) in [5.41, 5.74) is 1.02. The normalized spacial score (nSPS) is 14.0. The van der Waals surface area contributed by atoms with E-state index in [4.69, 9.17) is 11.6 Å². The summed E-state index contributed by atoms with van der Waals surface area (Å²) in [4.78, 5) is 5.39. The first-order valence-corrected chi connectivity index (χ1v) is 7.65. The molecule has 0 aliphatic carbocycles. The fraction of sp³-hybridized carbons (Fsp3) is 0.429. The number of hydrogen-bond donors (Lipinski definition) is 1. The molecule has 6 heteroatoms. The summed E-state index contributed by atoms with van der Waals surface area (Å²) in [6.07, 6.45) is 0. The van der Waals surface area contributed by atoms with E-state index < -0.39 is 0 Å². The highest BCUT2D eigenvalue weighted by molar-refractivity contribution is 7.12. The Balaban J connectivity index is 2.39. The van der Waals surface area contributed by atoms with E-state index in [1.165, 1.54) is 11.3 Å². The topological polar surface area (TPSA) is 50.4 Å². The van der Waals surface area contributed by atoms with Gasteiger partial charge >= 0.3 is 0 Å². The minimum absolute atomic E-state index is 0.0475. The summed E-state index contributed by atoms with van der Waals surface area (Å²) in [6.45, 7) is 4.14. The van der Waals surface area contributed by atoms with E-state index >= 15 is 0 Å². The van der Waals surface area contributed by atoms with Crippen LogP contribution in [0.15, 0.2) is 29.3 Å². The summed E-state index contributed by atoms with van der Waals surface area (Å²) in [5, 5.41) is 15.4. The predicted molar refractivity (Wildman–Crippen MR) is 82.8 cm³/mol. The molecule has 0 aliphatic heterocycles. The van der Waals surface area contributed by atoms with Gasteiger partial charge in [-0.2, -0.15) is 5.10 Å². The third-order valence-corrected chi connectivity index (χ3v) is 4.34. The van der Waals surface area contributed by atoms with Crippen LogP contribution in [-0.2, 0) is 7.05 Å². The molecule has 4 nitrogen and oxygen atoms in total. The van der Waals surface area contributed by atoms with Crippen LogP contribution >= 0.6 is 22.9 Å². The molecule has 1 heterocycles. The molecule has 1 unspecified atom stereocenters. The first kappa shape index (κ1) is 15.2. The van der Waals surface area contributed by atoms with E-state index in [9.17, 15) is 5.11 Å². The first-order valence-electron chi connectivity index (χ1n) is 6.46. The summed E-state index contributed by atoms with van der Waals surface area (Å²) >= 11 is 7.40. The van der Waals surface area contributed by atoms with Crippen molar-refractivity contribution < 1.29 is 5.11 Å². The average molecular weight is 312 g/mol. The van der Waals surface area contributed by atoms with Crippen LogP contribution in [0.4, 0.5) is 0 Å². The number of rotatable bonds is 4. The fourth-order valence-corrected chi connectivity index (χ4v) is 2.79. The molecule has 0 aliphatic rings. The highest BCUT2D eigenvalue weighted by Gasteiger charge is 2.12. The maximum absolute atomic E-state index is 9.37. The Hall–Kier alpha value is -1.17. The van der Waals surface area contributed by atoms with Gasteiger partial charge in [-0.1, -0.05) is 48.9 Å². The molecule has 0 spiro atoms. The number of aliphatic hydroxyl groups is 1. The molecular formula is C14H18ClN3OS. The van der Waals surface area contributed by atoms with Crippen LogP contribution in [0, 0.1) is 5.92 Å². The molecule has 1 aromatic carbocycles. The Morgan fingerprint density at radius 3 is 2.55 bits per heavy atom. The van der Waals surface area contributed by atoms with Crippen molar-refractivity contribution >= 4 is 22.9 Å². The van der Waals surface area contributed by atoms with Crippen LogP contribution in [0.1, 0.15) is 13.8 Å². The molecule has 0 saturated carbocycles. The molecule has 2 rings (SSSR count). The molecule has 0 amide bonds. The van der Waals surface area contributed by atoms with Crippen molar-refractivity contribution in [3.63, 3.8) is 0 Å². The van der Waals surface area contributed by atoms with Gasteiger partial charge in [-0.15, -0.1) is 0 Å². The third kappa shape index (κ3) is 3.48. The van der Waals surface area contributed by atoms with Gasteiger partial charge in [0.15, 0.2) is 0 Å². The number of benzene rings is 1. The van der Waals surface area contributed by atoms with E-state index in [2.05, 4.69) is 10.1 Å². The van der Waals surface area contributed by atoms with Crippen molar-refractivity contribution in [2.75, 3.05) is 6.61 Å². The van der Waals surface area contributed by atoms with Gasteiger partial charge in [0.1, 0.15) is 5.01 Å². The van der Waals surface area contributed by atoms with Gasteiger partial charge in [-0.05, 0) is 18.1 Å². The quantitative estimate of drug-likeness (QED) is 0.944. The van der Waals surface area contributed by atoms with Gasteiger partial charge in [-0.25, -0.2) is 4.68 Å². The second kappa shape index (κ2) is 6.52. The molecule has 1 N–H and O–H groups in total. The minimum Gasteiger partial charge on any atom is -0.394 e. The van der Waals surface area contributed by atoms with Crippen LogP contribution in [-0.4, -0.2) is 27.5 Å². The van der Waals surface area contributed by atoms with Gasteiger partial charge in [0, 0.05) is 17.6 Å². The maximum Gasteiger partial charge on any atom is 0.203 e. The number of aryl methyl sites for hydroxylation is 1. The average Bonchev–Trinajstić information content (AvgIpc) is 2.77. The zero-order valence-corrected chi connectivity index (χ0v) is 13.3. The van der Waals surface area contributed by atoms with Crippen LogP contribution in [0.2, 0.25) is 5.02 Å². The van der Waals surface area contributed by atoms with Crippen molar-refractivity contribution in [3.05, 3.63) is 34.1 Å². The lowest BCUT2D eigenvalue weighted by atomic mass is 10.1. The molecule has 0 fully saturated rings. The fourth-order valence-electron chi connectivity index (χ4n) is 1.71. The van der Waals surface area contributed by atoms with Crippen molar-refractivity contribution in [3.8, 4) is 10.6 Å². The lowest BCUT2D eigenvalue weighted by Gasteiger charge is -2.11. The van der Waals surface area contributed by atoms with Gasteiger partial charge in [-0.3, -0.25) is 4.99 Å². The monoisotopic (exact) mass is 311 g/mol. The Kier molecular flexibility index (Phi) is 4.96. The standard InChI is InChI=1S/C14H18ClN3OS/c1-9(2)12(8-19)16-14-18(3)17-13(20-14)10-4-6-11(15)7-5-10/h4-7,9,12,19H,8H2,1-3H3. The lowest BCUT2D eigenvalue weighted by Crippen LogP contribution is -2.23. The highest BCUT2D eigenvalue weighted by atomic mass is 35.5. The van der Waals surface area contributed by atoms with E-state index in [1.807, 2.05) is 45.2 Å². The Morgan fingerprint density at radius 1 is 1.35 bits per heavy atom. The number of aliphatic hydroxyl groups excluding tert-OH is 1. The number of halogens is 1. The van der Waals surface area contributed by atoms with Gasteiger partial charge in [0.2, 0.25) is 4.80 Å². The highest BCUT2D eigenvalue weighted by Crippen LogP contribution is 2.21. The predicted octanol–water partition coefficient (Wildman–Crippen LogP) is 2.72. The van der Waals surface area contributed by atoms with Gasteiger partial charge < -0.3 is 5.11 Å². The van der Waals surface area contributed by atoms with Gasteiger partial charge in [0.25, 0.3) is 0 Å². The second-order valence-electron chi connectivity index (χ2n) is 4.94. The van der Waals surface area contributed by atoms with Crippen LogP contribution in [0.3, 0.4) is 0 Å². The van der Waals surface area contributed by atoms with E-state index in [0.29, 0.717) is 10.9 Å². The molecule has 1 atom stereocenters. The number of aromatic nitrogens is 2. The van der Waals surface area contributed by atoms with Crippen molar-refractivity contribution in [2.24, 2.45) is 18.0 Å². The molecule has 2 aromatic rings. The molecule has 1 aromatic heterocycles. The SMILES string of the molecule is CC(C)C(CO)N=c1sc(-c2ccc(Cl)cc2)nn1C. The Labute approximate surface area is 127 Å². The minimum atomic E-state index is -0.0975. The summed E-state index contributed by atoms with van der Waals surface area (Å²) in [7, 11) is 1.86. The first-order chi connectivity index (χ1) is 9.51. The van der Waals surface area contributed by atoms with E-state index in [1.54, 1.807) is 4.68 Å². The van der Waals surface area contributed by atoms with Crippen LogP contribution in [0.5, 0.6) is 0 Å². The van der Waals surface area contributed by atoms with Crippen molar-refractivity contribution in [1.82, 2.24) is 9.78 Å². The maximum atomic E-state index is 9.37. The number of nitrogens with zero attached hydrogens (tertiary/aromatic N) is 3. The van der Waals surface area contributed by atoms with E-state index in [-0.39, 0.29) is 12.6 Å². The lowest BCUT2D eigenvalue weighted by molar-refractivity contribution is 0.237. The smallest absolute Gasteiger partial charge is 0.203 e. The Bertz CT molecular complexity index is 631. The van der Waals surface area contributed by atoms with Gasteiger partial charge in [0.05, 0.1) is 12.6 Å². The number of hydrogen-bond acceptors (Lipinski definition) is 4. The largest absolute Gasteiger partial charge is 0.394 e. The van der Waals surface area contributed by atoms with Crippen molar-refractivity contribution in [2.45, 2.75) is 19.9 Å². The molecule has 0 saturated heterocycles. The third-order valence-electron chi connectivity index (χ3n) is 3.03. The molecular weight excluding hydrogens is 294 g/mol. The van der Waals surface area contributed by atoms with Crippen LogP contribution in [0.25, 0.3) is 10.6 Å².